The molecule has 0 aliphatic rings. The molecule has 0 saturated heterocycles. The van der Waals surface area contributed by atoms with Crippen LogP contribution in [0.1, 0.15) is 24.2 Å². The number of nitrogens with one attached hydrogen (secondary N) is 1. The fraction of sp³-hybridized carbons (Fsp3) is 0.294. The maximum Gasteiger partial charge on any atom is 0.0964 e. The standard InChI is InChI=1S/C17H19Br2NO/c1-2-20-11-17(15-5-3-4-6-16(15)19)21-12-13-7-9-14(18)10-8-13/h3-10,17,20H,2,11-12H2,1H3. The first-order valence-corrected chi connectivity index (χ1v) is 8.60. The minimum atomic E-state index is 0.0316. The number of likely N-dealkylation sites (N-methyl/N-ethyl adjacent to an activating group) is 1. The summed E-state index contributed by atoms with van der Waals surface area (Å²) in [7, 11) is 0. The highest BCUT2D eigenvalue weighted by Gasteiger charge is 2.14. The van der Waals surface area contributed by atoms with Crippen molar-refractivity contribution in [1.82, 2.24) is 5.32 Å². The van der Waals surface area contributed by atoms with Crippen LogP contribution in [0, 0.1) is 0 Å². The van der Waals surface area contributed by atoms with Gasteiger partial charge in [0.15, 0.2) is 0 Å². The molecule has 0 spiro atoms. The van der Waals surface area contributed by atoms with Crippen molar-refractivity contribution in [3.63, 3.8) is 0 Å². The average Bonchev–Trinajstić information content (AvgIpc) is 2.50. The molecule has 0 radical (unpaired) electrons. The van der Waals surface area contributed by atoms with Crippen molar-refractivity contribution in [2.45, 2.75) is 19.6 Å². The van der Waals surface area contributed by atoms with Crippen LogP contribution in [0.3, 0.4) is 0 Å². The molecule has 0 aliphatic heterocycles. The second kappa shape index (κ2) is 8.69. The van der Waals surface area contributed by atoms with Gasteiger partial charge >= 0.3 is 0 Å². The van der Waals surface area contributed by atoms with E-state index in [-0.39, 0.29) is 6.10 Å². The third-order valence-corrected chi connectivity index (χ3v) is 4.45. The lowest BCUT2D eigenvalue weighted by Crippen LogP contribution is -2.23. The van der Waals surface area contributed by atoms with Crippen LogP contribution >= 0.6 is 31.9 Å². The number of hydrogen-bond donors (Lipinski definition) is 1. The minimum Gasteiger partial charge on any atom is -0.367 e. The molecule has 1 unspecified atom stereocenters. The molecular weight excluding hydrogens is 394 g/mol. The van der Waals surface area contributed by atoms with E-state index < -0.39 is 0 Å². The summed E-state index contributed by atoms with van der Waals surface area (Å²) in [6.07, 6.45) is 0.0316. The lowest BCUT2D eigenvalue weighted by molar-refractivity contribution is 0.0397. The fourth-order valence-electron chi connectivity index (χ4n) is 2.05. The highest BCUT2D eigenvalue weighted by Crippen LogP contribution is 2.26. The van der Waals surface area contributed by atoms with Gasteiger partial charge in [0.05, 0.1) is 12.7 Å². The number of rotatable bonds is 7. The fourth-order valence-corrected chi connectivity index (χ4v) is 2.85. The van der Waals surface area contributed by atoms with E-state index in [0.717, 1.165) is 22.0 Å². The van der Waals surface area contributed by atoms with E-state index in [1.165, 1.54) is 11.1 Å². The molecule has 21 heavy (non-hydrogen) atoms. The van der Waals surface area contributed by atoms with E-state index >= 15 is 0 Å². The zero-order chi connectivity index (χ0) is 15.1. The van der Waals surface area contributed by atoms with E-state index in [0.29, 0.717) is 6.61 Å². The molecular formula is C17H19Br2NO. The number of benzene rings is 2. The predicted molar refractivity (Wildman–Crippen MR) is 94.4 cm³/mol. The zero-order valence-corrected chi connectivity index (χ0v) is 15.2. The molecule has 0 saturated carbocycles. The monoisotopic (exact) mass is 411 g/mol. The summed E-state index contributed by atoms with van der Waals surface area (Å²) in [6, 6.07) is 16.5. The van der Waals surface area contributed by atoms with Crippen LogP contribution in [0.5, 0.6) is 0 Å². The SMILES string of the molecule is CCNCC(OCc1ccc(Br)cc1)c1ccccc1Br. The third kappa shape index (κ3) is 5.22. The summed E-state index contributed by atoms with van der Waals surface area (Å²) in [4.78, 5) is 0. The molecule has 2 rings (SSSR count). The first-order chi connectivity index (χ1) is 10.2. The van der Waals surface area contributed by atoms with Crippen molar-refractivity contribution in [3.05, 3.63) is 68.6 Å². The normalized spacial score (nSPS) is 12.3. The molecule has 112 valence electrons. The molecule has 0 aromatic heterocycles. The number of ether oxygens (including phenoxy) is 1. The molecule has 0 heterocycles. The third-order valence-electron chi connectivity index (χ3n) is 3.20. The Morgan fingerprint density at radius 3 is 2.43 bits per heavy atom. The largest absolute Gasteiger partial charge is 0.367 e. The summed E-state index contributed by atoms with van der Waals surface area (Å²) < 4.78 is 8.30. The van der Waals surface area contributed by atoms with E-state index in [1.807, 2.05) is 24.3 Å². The molecule has 0 amide bonds. The topological polar surface area (TPSA) is 21.3 Å². The van der Waals surface area contributed by atoms with Gasteiger partial charge in [-0.3, -0.25) is 0 Å². The minimum absolute atomic E-state index is 0.0316. The van der Waals surface area contributed by atoms with Gasteiger partial charge in [-0.05, 0) is 35.9 Å². The van der Waals surface area contributed by atoms with E-state index in [4.69, 9.17) is 4.74 Å². The smallest absolute Gasteiger partial charge is 0.0964 e. The van der Waals surface area contributed by atoms with Gasteiger partial charge in [-0.2, -0.15) is 0 Å². The van der Waals surface area contributed by atoms with Crippen LogP contribution < -0.4 is 5.32 Å². The molecule has 0 fully saturated rings. The Hall–Kier alpha value is -0.680. The Kier molecular flexibility index (Phi) is 6.90. The zero-order valence-electron chi connectivity index (χ0n) is 12.0. The lowest BCUT2D eigenvalue weighted by atomic mass is 10.1. The molecule has 2 aromatic rings. The van der Waals surface area contributed by atoms with Crippen molar-refractivity contribution in [1.29, 1.82) is 0 Å². The summed E-state index contributed by atoms with van der Waals surface area (Å²) in [5, 5.41) is 3.37. The van der Waals surface area contributed by atoms with Crippen molar-refractivity contribution >= 4 is 31.9 Å². The van der Waals surface area contributed by atoms with Crippen molar-refractivity contribution in [2.75, 3.05) is 13.1 Å². The van der Waals surface area contributed by atoms with E-state index in [1.54, 1.807) is 0 Å². The molecule has 1 N–H and O–H groups in total. The van der Waals surface area contributed by atoms with Crippen LogP contribution in [0.25, 0.3) is 0 Å². The van der Waals surface area contributed by atoms with Gasteiger partial charge in [0.1, 0.15) is 0 Å². The van der Waals surface area contributed by atoms with Gasteiger partial charge in [-0.15, -0.1) is 0 Å². The first-order valence-electron chi connectivity index (χ1n) is 7.02. The highest BCUT2D eigenvalue weighted by molar-refractivity contribution is 9.10. The van der Waals surface area contributed by atoms with Gasteiger partial charge in [-0.25, -0.2) is 0 Å². The van der Waals surface area contributed by atoms with Crippen LogP contribution in [0.2, 0.25) is 0 Å². The Morgan fingerprint density at radius 1 is 1.05 bits per heavy atom. The Morgan fingerprint density at radius 2 is 1.76 bits per heavy atom. The van der Waals surface area contributed by atoms with Gasteiger partial charge in [0.2, 0.25) is 0 Å². The Labute approximate surface area is 143 Å². The average molecular weight is 413 g/mol. The van der Waals surface area contributed by atoms with Crippen LogP contribution in [0.15, 0.2) is 57.5 Å². The second-order valence-electron chi connectivity index (χ2n) is 4.76. The summed E-state index contributed by atoms with van der Waals surface area (Å²) in [5.41, 5.74) is 2.35. The molecule has 1 atom stereocenters. The molecule has 2 aromatic carbocycles. The quantitative estimate of drug-likeness (QED) is 0.684. The number of halogens is 2. The van der Waals surface area contributed by atoms with Gasteiger partial charge in [0, 0.05) is 15.5 Å². The summed E-state index contributed by atoms with van der Waals surface area (Å²) >= 11 is 7.06. The Balaban J connectivity index is 2.06. The van der Waals surface area contributed by atoms with Crippen LogP contribution in [0.4, 0.5) is 0 Å². The van der Waals surface area contributed by atoms with Gasteiger partial charge in [0.25, 0.3) is 0 Å². The summed E-state index contributed by atoms with van der Waals surface area (Å²) in [5.74, 6) is 0. The molecule has 4 heteroatoms. The maximum absolute atomic E-state index is 6.13. The first kappa shape index (κ1) is 16.7. The Bertz CT molecular complexity index is 557. The van der Waals surface area contributed by atoms with E-state index in [9.17, 15) is 0 Å². The van der Waals surface area contributed by atoms with Gasteiger partial charge < -0.3 is 10.1 Å². The van der Waals surface area contributed by atoms with Crippen molar-refractivity contribution < 1.29 is 4.74 Å². The molecule has 2 nitrogen and oxygen atoms in total. The van der Waals surface area contributed by atoms with Crippen LogP contribution in [-0.4, -0.2) is 13.1 Å². The number of hydrogen-bond acceptors (Lipinski definition) is 2. The molecule has 0 aliphatic carbocycles. The van der Waals surface area contributed by atoms with Crippen molar-refractivity contribution in [3.8, 4) is 0 Å². The maximum atomic E-state index is 6.13. The highest BCUT2D eigenvalue weighted by atomic mass is 79.9. The lowest BCUT2D eigenvalue weighted by Gasteiger charge is -2.20. The molecule has 0 bridgehead atoms. The summed E-state index contributed by atoms with van der Waals surface area (Å²) in [6.45, 7) is 4.44. The second-order valence-corrected chi connectivity index (χ2v) is 6.53. The van der Waals surface area contributed by atoms with E-state index in [2.05, 4.69) is 68.4 Å². The van der Waals surface area contributed by atoms with Gasteiger partial charge in [-0.1, -0.05) is 69.1 Å². The predicted octanol–water partition coefficient (Wildman–Crippen LogP) is 5.08. The van der Waals surface area contributed by atoms with Crippen molar-refractivity contribution in [2.24, 2.45) is 0 Å². The van der Waals surface area contributed by atoms with Crippen LogP contribution in [-0.2, 0) is 11.3 Å².